The van der Waals surface area contributed by atoms with Crippen LogP contribution >= 0.6 is 0 Å². The number of hydrogen-bond donors (Lipinski definition) is 2. The first kappa shape index (κ1) is 11.0. The van der Waals surface area contributed by atoms with E-state index in [1.54, 1.807) is 6.07 Å². The molecule has 0 unspecified atom stereocenters. The summed E-state index contributed by atoms with van der Waals surface area (Å²) in [5.41, 5.74) is 1.24. The Bertz CT molecular complexity index is 477. The van der Waals surface area contributed by atoms with Crippen LogP contribution in [0.5, 0.6) is 5.75 Å². The highest BCUT2D eigenvalue weighted by Gasteiger charge is 2.01. The third-order valence-corrected chi connectivity index (χ3v) is 2.81. The number of aliphatic hydroxyl groups is 1. The van der Waals surface area contributed by atoms with Crippen LogP contribution in [-0.2, 0) is 6.42 Å². The van der Waals surface area contributed by atoms with Gasteiger partial charge in [-0.3, -0.25) is 0 Å². The van der Waals surface area contributed by atoms with Crippen molar-refractivity contribution in [2.24, 2.45) is 0 Å². The molecule has 2 aromatic rings. The molecule has 0 amide bonds. The molecular formula is C14H16O2. The maximum absolute atomic E-state index is 9.49. The number of fused-ring (bicyclic) bond motifs is 1. The molecule has 0 saturated heterocycles. The third kappa shape index (κ3) is 2.34. The molecule has 0 aliphatic carbocycles. The van der Waals surface area contributed by atoms with Crippen LogP contribution in [0.3, 0.4) is 0 Å². The minimum Gasteiger partial charge on any atom is -0.508 e. The van der Waals surface area contributed by atoms with Crippen molar-refractivity contribution in [2.45, 2.75) is 19.3 Å². The Morgan fingerprint density at radius 1 is 1.00 bits per heavy atom. The summed E-state index contributed by atoms with van der Waals surface area (Å²) in [4.78, 5) is 0. The van der Waals surface area contributed by atoms with Crippen LogP contribution in [0, 0.1) is 0 Å². The summed E-state index contributed by atoms with van der Waals surface area (Å²) in [6.45, 7) is 0.246. The lowest BCUT2D eigenvalue weighted by atomic mass is 10.00. The van der Waals surface area contributed by atoms with Crippen LogP contribution in [0.15, 0.2) is 36.4 Å². The lowest BCUT2D eigenvalue weighted by Crippen LogP contribution is -1.90. The number of aliphatic hydroxyl groups excluding tert-OH is 1. The van der Waals surface area contributed by atoms with E-state index in [0.29, 0.717) is 5.75 Å². The molecule has 2 rings (SSSR count). The molecule has 0 aliphatic rings. The Kier molecular flexibility index (Phi) is 3.42. The van der Waals surface area contributed by atoms with E-state index >= 15 is 0 Å². The fraction of sp³-hybridized carbons (Fsp3) is 0.286. The molecule has 0 aromatic heterocycles. The lowest BCUT2D eigenvalue weighted by molar-refractivity contribution is 0.284. The summed E-state index contributed by atoms with van der Waals surface area (Å²) in [6.07, 6.45) is 2.75. The predicted molar refractivity (Wildman–Crippen MR) is 65.6 cm³/mol. The van der Waals surface area contributed by atoms with Crippen molar-refractivity contribution < 1.29 is 10.2 Å². The fourth-order valence-electron chi connectivity index (χ4n) is 1.97. The standard InChI is InChI=1S/C14H16O2/c15-9-2-1-4-11-5-3-6-12-7-8-13(16)10-14(11)12/h3,5-8,10,15-16H,1-2,4,9H2. The van der Waals surface area contributed by atoms with Gasteiger partial charge in [-0.2, -0.15) is 0 Å². The second-order valence-corrected chi connectivity index (χ2v) is 4.00. The monoisotopic (exact) mass is 216 g/mol. The van der Waals surface area contributed by atoms with E-state index in [1.165, 1.54) is 5.56 Å². The molecular weight excluding hydrogens is 200 g/mol. The molecule has 0 bridgehead atoms. The highest BCUT2D eigenvalue weighted by atomic mass is 16.3. The van der Waals surface area contributed by atoms with Crippen molar-refractivity contribution in [3.8, 4) is 5.75 Å². The van der Waals surface area contributed by atoms with Gasteiger partial charge in [0.1, 0.15) is 5.75 Å². The van der Waals surface area contributed by atoms with Crippen molar-refractivity contribution in [2.75, 3.05) is 6.61 Å². The van der Waals surface area contributed by atoms with Gasteiger partial charge in [0, 0.05) is 6.61 Å². The summed E-state index contributed by atoms with van der Waals surface area (Å²) in [5, 5.41) is 20.5. The van der Waals surface area contributed by atoms with Gasteiger partial charge >= 0.3 is 0 Å². The zero-order valence-corrected chi connectivity index (χ0v) is 9.19. The van der Waals surface area contributed by atoms with Gasteiger partial charge in [-0.05, 0) is 47.7 Å². The van der Waals surface area contributed by atoms with E-state index in [4.69, 9.17) is 5.11 Å². The minimum atomic E-state index is 0.246. The van der Waals surface area contributed by atoms with E-state index in [1.807, 2.05) is 24.3 Å². The second kappa shape index (κ2) is 4.99. The van der Waals surface area contributed by atoms with E-state index < -0.39 is 0 Å². The predicted octanol–water partition coefficient (Wildman–Crippen LogP) is 2.86. The fourth-order valence-corrected chi connectivity index (χ4v) is 1.97. The normalized spacial score (nSPS) is 10.8. The van der Waals surface area contributed by atoms with E-state index in [9.17, 15) is 5.11 Å². The number of aryl methyl sites for hydroxylation is 1. The van der Waals surface area contributed by atoms with Crippen molar-refractivity contribution in [3.05, 3.63) is 42.0 Å². The number of benzene rings is 2. The van der Waals surface area contributed by atoms with Crippen LogP contribution < -0.4 is 0 Å². The van der Waals surface area contributed by atoms with Crippen LogP contribution in [0.25, 0.3) is 10.8 Å². The summed E-state index contributed by atoms with van der Waals surface area (Å²) < 4.78 is 0. The zero-order chi connectivity index (χ0) is 11.4. The van der Waals surface area contributed by atoms with Gasteiger partial charge in [-0.15, -0.1) is 0 Å². The number of phenols is 1. The van der Waals surface area contributed by atoms with Crippen molar-refractivity contribution >= 4 is 10.8 Å². The molecule has 84 valence electrons. The minimum absolute atomic E-state index is 0.246. The summed E-state index contributed by atoms with van der Waals surface area (Å²) in [5.74, 6) is 0.308. The van der Waals surface area contributed by atoms with Crippen molar-refractivity contribution in [1.82, 2.24) is 0 Å². The maximum Gasteiger partial charge on any atom is 0.116 e. The van der Waals surface area contributed by atoms with Gasteiger partial charge in [0.2, 0.25) is 0 Å². The number of hydrogen-bond acceptors (Lipinski definition) is 2. The van der Waals surface area contributed by atoms with Crippen LogP contribution in [0.1, 0.15) is 18.4 Å². The highest BCUT2D eigenvalue weighted by Crippen LogP contribution is 2.24. The average Bonchev–Trinajstić information content (AvgIpc) is 2.30. The van der Waals surface area contributed by atoms with E-state index in [0.717, 1.165) is 30.0 Å². The Balaban J connectivity index is 2.32. The van der Waals surface area contributed by atoms with Crippen molar-refractivity contribution in [3.63, 3.8) is 0 Å². The molecule has 0 atom stereocenters. The van der Waals surface area contributed by atoms with E-state index in [2.05, 4.69) is 6.07 Å². The highest BCUT2D eigenvalue weighted by molar-refractivity contribution is 5.86. The third-order valence-electron chi connectivity index (χ3n) is 2.81. The van der Waals surface area contributed by atoms with E-state index in [-0.39, 0.29) is 6.61 Å². The quantitative estimate of drug-likeness (QED) is 0.771. The number of rotatable bonds is 4. The van der Waals surface area contributed by atoms with Gasteiger partial charge in [-0.1, -0.05) is 24.3 Å². The lowest BCUT2D eigenvalue weighted by Gasteiger charge is -2.06. The molecule has 2 nitrogen and oxygen atoms in total. The van der Waals surface area contributed by atoms with Crippen LogP contribution in [0.2, 0.25) is 0 Å². The first-order valence-corrected chi connectivity index (χ1v) is 5.63. The molecule has 2 heteroatoms. The van der Waals surface area contributed by atoms with Gasteiger partial charge < -0.3 is 10.2 Å². The Morgan fingerprint density at radius 2 is 1.88 bits per heavy atom. The largest absolute Gasteiger partial charge is 0.508 e. The smallest absolute Gasteiger partial charge is 0.116 e. The first-order chi connectivity index (χ1) is 7.81. The summed E-state index contributed by atoms with van der Waals surface area (Å²) >= 11 is 0. The molecule has 0 heterocycles. The molecule has 0 fully saturated rings. The molecule has 16 heavy (non-hydrogen) atoms. The number of aromatic hydroxyl groups is 1. The number of phenolic OH excluding ortho intramolecular Hbond substituents is 1. The van der Waals surface area contributed by atoms with Gasteiger partial charge in [-0.25, -0.2) is 0 Å². The molecule has 0 spiro atoms. The molecule has 0 aliphatic heterocycles. The topological polar surface area (TPSA) is 40.5 Å². The van der Waals surface area contributed by atoms with Crippen LogP contribution in [-0.4, -0.2) is 16.8 Å². The SMILES string of the molecule is OCCCCc1cccc2ccc(O)cc12. The summed E-state index contributed by atoms with van der Waals surface area (Å²) in [7, 11) is 0. The maximum atomic E-state index is 9.49. The second-order valence-electron chi connectivity index (χ2n) is 4.00. The molecule has 0 saturated carbocycles. The first-order valence-electron chi connectivity index (χ1n) is 5.63. The molecule has 0 radical (unpaired) electrons. The number of unbranched alkanes of at least 4 members (excludes halogenated alkanes) is 1. The molecule has 2 N–H and O–H groups in total. The zero-order valence-electron chi connectivity index (χ0n) is 9.19. The Labute approximate surface area is 95.2 Å². The Morgan fingerprint density at radius 3 is 2.69 bits per heavy atom. The van der Waals surface area contributed by atoms with Crippen LogP contribution in [0.4, 0.5) is 0 Å². The summed E-state index contributed by atoms with van der Waals surface area (Å²) in [6, 6.07) is 11.6. The van der Waals surface area contributed by atoms with Gasteiger partial charge in [0.15, 0.2) is 0 Å². The molecule has 2 aromatic carbocycles. The van der Waals surface area contributed by atoms with Gasteiger partial charge in [0.05, 0.1) is 0 Å². The van der Waals surface area contributed by atoms with Gasteiger partial charge in [0.25, 0.3) is 0 Å². The van der Waals surface area contributed by atoms with Crippen molar-refractivity contribution in [1.29, 1.82) is 0 Å². The Hall–Kier alpha value is -1.54. The average molecular weight is 216 g/mol.